The van der Waals surface area contributed by atoms with Gasteiger partial charge in [-0.05, 0) is 51.4 Å². The highest BCUT2D eigenvalue weighted by atomic mass is 35.5. The lowest BCUT2D eigenvalue weighted by molar-refractivity contribution is 0.188. The highest BCUT2D eigenvalue weighted by Crippen LogP contribution is 2.52. The summed E-state index contributed by atoms with van der Waals surface area (Å²) in [5.41, 5.74) is 0.139. The summed E-state index contributed by atoms with van der Waals surface area (Å²) >= 11 is 6.22. The van der Waals surface area contributed by atoms with E-state index in [-0.39, 0.29) is 11.1 Å². The summed E-state index contributed by atoms with van der Waals surface area (Å²) in [6, 6.07) is 4.35. The fraction of sp³-hybridized carbons (Fsp3) is 0.476. The van der Waals surface area contributed by atoms with Gasteiger partial charge in [0, 0.05) is 31.1 Å². The number of aromatic nitrogens is 1. The Balaban J connectivity index is 1.65. The van der Waals surface area contributed by atoms with E-state index in [4.69, 9.17) is 11.6 Å². The number of hydrogen-bond donors (Lipinski definition) is 1. The van der Waals surface area contributed by atoms with Crippen molar-refractivity contribution >= 4 is 33.1 Å². The molecule has 1 atom stereocenters. The summed E-state index contributed by atoms with van der Waals surface area (Å²) < 4.78 is 70.5. The standard InChI is InChI=1S/C21H24ClF3N4O2S/c1-28(2)11-21(13-6-7-13)8-9-29(12-21)15-10-14(23)20(19(25)18(15)22)32(30,31)27-17-5-3-4-16(24)26-17/h3-5,10,13H,6-9,11-12H2,1-2H3,(H,26,27). The molecule has 0 spiro atoms. The second-order valence-corrected chi connectivity index (χ2v) is 10.8. The number of halogens is 4. The molecule has 174 valence electrons. The maximum Gasteiger partial charge on any atom is 0.268 e. The Morgan fingerprint density at radius 1 is 1.28 bits per heavy atom. The molecule has 2 fully saturated rings. The van der Waals surface area contributed by atoms with Crippen molar-refractivity contribution in [1.29, 1.82) is 0 Å². The van der Waals surface area contributed by atoms with E-state index in [2.05, 4.69) is 9.88 Å². The summed E-state index contributed by atoms with van der Waals surface area (Å²) in [6.45, 7) is 2.01. The SMILES string of the molecule is CN(C)CC1(C2CC2)CCN(c2cc(F)c(S(=O)(=O)Nc3cccc(F)n3)c(F)c2Cl)C1. The number of hydrogen-bond acceptors (Lipinski definition) is 5. The van der Waals surface area contributed by atoms with Gasteiger partial charge < -0.3 is 9.80 Å². The van der Waals surface area contributed by atoms with Crippen LogP contribution in [0.2, 0.25) is 5.02 Å². The van der Waals surface area contributed by atoms with Gasteiger partial charge in [0.05, 0.1) is 5.69 Å². The Morgan fingerprint density at radius 3 is 2.62 bits per heavy atom. The van der Waals surface area contributed by atoms with Gasteiger partial charge >= 0.3 is 0 Å². The number of nitrogens with one attached hydrogen (secondary N) is 1. The van der Waals surface area contributed by atoms with Crippen molar-refractivity contribution in [3.8, 4) is 0 Å². The van der Waals surface area contributed by atoms with Crippen LogP contribution in [-0.2, 0) is 10.0 Å². The first kappa shape index (κ1) is 23.1. The van der Waals surface area contributed by atoms with Crippen LogP contribution in [-0.4, -0.2) is 52.0 Å². The fourth-order valence-electron chi connectivity index (χ4n) is 4.71. The first-order valence-electron chi connectivity index (χ1n) is 10.2. The van der Waals surface area contributed by atoms with Crippen LogP contribution in [0.5, 0.6) is 0 Å². The topological polar surface area (TPSA) is 65.5 Å². The Hall–Kier alpha value is -2.04. The molecule has 4 rings (SSSR count). The van der Waals surface area contributed by atoms with Crippen LogP contribution < -0.4 is 9.62 Å². The first-order chi connectivity index (χ1) is 15.0. The highest BCUT2D eigenvalue weighted by Gasteiger charge is 2.49. The molecule has 32 heavy (non-hydrogen) atoms. The summed E-state index contributed by atoms with van der Waals surface area (Å²) in [6.07, 6.45) is 3.13. The molecule has 1 saturated heterocycles. The molecule has 1 aliphatic heterocycles. The van der Waals surface area contributed by atoms with E-state index in [1.165, 1.54) is 12.1 Å². The molecule has 6 nitrogen and oxygen atoms in total. The van der Waals surface area contributed by atoms with E-state index in [0.29, 0.717) is 19.0 Å². The Bertz CT molecular complexity index is 1140. The lowest BCUT2D eigenvalue weighted by Gasteiger charge is -2.33. The smallest absolute Gasteiger partial charge is 0.268 e. The third-order valence-electron chi connectivity index (χ3n) is 6.12. The number of pyridine rings is 1. The monoisotopic (exact) mass is 488 g/mol. The predicted octanol–water partition coefficient (Wildman–Crippen LogP) is 4.12. The normalized spacial score (nSPS) is 21.4. The van der Waals surface area contributed by atoms with Crippen molar-refractivity contribution in [3.05, 3.63) is 46.9 Å². The Morgan fingerprint density at radius 2 is 2.00 bits per heavy atom. The van der Waals surface area contributed by atoms with E-state index in [1.54, 1.807) is 0 Å². The Kier molecular flexibility index (Phi) is 6.06. The van der Waals surface area contributed by atoms with Crippen molar-refractivity contribution < 1.29 is 21.6 Å². The molecule has 2 aliphatic rings. The van der Waals surface area contributed by atoms with Gasteiger partial charge in [-0.1, -0.05) is 17.7 Å². The number of sulfonamides is 1. The van der Waals surface area contributed by atoms with Gasteiger partial charge in [-0.3, -0.25) is 4.72 Å². The third kappa shape index (κ3) is 4.40. The molecule has 0 amide bonds. The number of benzene rings is 1. The summed E-state index contributed by atoms with van der Waals surface area (Å²) in [5.74, 6) is -3.44. The maximum absolute atomic E-state index is 15.1. The quantitative estimate of drug-likeness (QED) is 0.469. The third-order valence-corrected chi connectivity index (χ3v) is 7.87. The van der Waals surface area contributed by atoms with Crippen LogP contribution >= 0.6 is 11.6 Å². The lowest BCUT2D eigenvalue weighted by atomic mass is 9.81. The molecular weight excluding hydrogens is 465 g/mol. The molecule has 1 saturated carbocycles. The molecule has 2 aromatic rings. The van der Waals surface area contributed by atoms with Crippen molar-refractivity contribution in [2.45, 2.75) is 24.2 Å². The van der Waals surface area contributed by atoms with Gasteiger partial charge in [0.15, 0.2) is 10.7 Å². The molecule has 1 aliphatic carbocycles. The second kappa shape index (κ2) is 8.39. The zero-order valence-electron chi connectivity index (χ0n) is 17.7. The molecule has 0 bridgehead atoms. The van der Waals surface area contributed by atoms with Gasteiger partial charge in [0.25, 0.3) is 10.0 Å². The van der Waals surface area contributed by atoms with E-state index >= 15 is 4.39 Å². The van der Waals surface area contributed by atoms with Gasteiger partial charge in [-0.25, -0.2) is 22.2 Å². The van der Waals surface area contributed by atoms with Crippen LogP contribution in [0, 0.1) is 28.9 Å². The molecule has 1 unspecified atom stereocenters. The fourth-order valence-corrected chi connectivity index (χ4v) is 6.18. The summed E-state index contributed by atoms with van der Waals surface area (Å²) in [5, 5.41) is -0.463. The molecule has 1 N–H and O–H groups in total. The van der Waals surface area contributed by atoms with E-state index in [1.807, 2.05) is 23.7 Å². The van der Waals surface area contributed by atoms with Crippen molar-refractivity contribution in [3.63, 3.8) is 0 Å². The largest absolute Gasteiger partial charge is 0.370 e. The van der Waals surface area contributed by atoms with E-state index in [9.17, 15) is 17.2 Å². The molecular formula is C21H24ClF3N4O2S. The van der Waals surface area contributed by atoms with Crippen molar-refractivity contribution in [1.82, 2.24) is 9.88 Å². The molecule has 1 aromatic heterocycles. The minimum absolute atomic E-state index is 0.00906. The van der Waals surface area contributed by atoms with Crippen LogP contribution in [0.3, 0.4) is 0 Å². The molecule has 1 aromatic carbocycles. The zero-order chi connectivity index (χ0) is 23.3. The van der Waals surface area contributed by atoms with Crippen molar-refractivity contribution in [2.75, 3.05) is 43.4 Å². The van der Waals surface area contributed by atoms with Gasteiger partial charge in [0.1, 0.15) is 16.7 Å². The van der Waals surface area contributed by atoms with Gasteiger partial charge in [0.2, 0.25) is 5.95 Å². The van der Waals surface area contributed by atoms with Crippen LogP contribution in [0.1, 0.15) is 19.3 Å². The van der Waals surface area contributed by atoms with E-state index in [0.717, 1.165) is 37.9 Å². The highest BCUT2D eigenvalue weighted by molar-refractivity contribution is 7.92. The average molecular weight is 489 g/mol. The predicted molar refractivity (Wildman–Crippen MR) is 117 cm³/mol. The minimum atomic E-state index is -4.74. The molecule has 11 heteroatoms. The van der Waals surface area contributed by atoms with Crippen LogP contribution in [0.4, 0.5) is 24.7 Å². The first-order valence-corrected chi connectivity index (χ1v) is 12.1. The lowest BCUT2D eigenvalue weighted by Crippen LogP contribution is -2.38. The maximum atomic E-state index is 15.1. The summed E-state index contributed by atoms with van der Waals surface area (Å²) in [7, 11) is -0.737. The van der Waals surface area contributed by atoms with Gasteiger partial charge in [-0.2, -0.15) is 4.39 Å². The number of anilines is 2. The number of rotatable bonds is 7. The van der Waals surface area contributed by atoms with Crippen LogP contribution in [0.25, 0.3) is 0 Å². The van der Waals surface area contributed by atoms with E-state index < -0.39 is 43.3 Å². The molecule has 0 radical (unpaired) electrons. The number of nitrogens with zero attached hydrogens (tertiary/aromatic N) is 3. The van der Waals surface area contributed by atoms with Crippen LogP contribution in [0.15, 0.2) is 29.2 Å². The summed E-state index contributed by atoms with van der Waals surface area (Å²) in [4.78, 5) is 6.08. The molecule has 2 heterocycles. The van der Waals surface area contributed by atoms with Crippen molar-refractivity contribution in [2.24, 2.45) is 11.3 Å². The zero-order valence-corrected chi connectivity index (χ0v) is 19.3. The van der Waals surface area contributed by atoms with Gasteiger partial charge in [-0.15, -0.1) is 0 Å². The Labute approximate surface area is 190 Å². The average Bonchev–Trinajstić information content (AvgIpc) is 3.46. The minimum Gasteiger partial charge on any atom is -0.370 e. The second-order valence-electron chi connectivity index (χ2n) is 8.83.